The number of aliphatic hydroxyl groups excluding tert-OH is 1. The minimum absolute atomic E-state index is 0.00638. The van der Waals surface area contributed by atoms with Gasteiger partial charge < -0.3 is 19.6 Å². The SMILES string of the molecule is CC(NCC(O)COc1ccccc1F)c1ccco1. The first kappa shape index (κ1) is 14.6. The summed E-state index contributed by atoms with van der Waals surface area (Å²) in [6, 6.07) is 9.78. The van der Waals surface area contributed by atoms with E-state index in [-0.39, 0.29) is 18.4 Å². The second-order valence-electron chi connectivity index (χ2n) is 4.54. The van der Waals surface area contributed by atoms with Gasteiger partial charge in [0.1, 0.15) is 18.5 Å². The van der Waals surface area contributed by atoms with E-state index in [0.717, 1.165) is 5.76 Å². The molecule has 0 spiro atoms. The Morgan fingerprint density at radius 1 is 1.30 bits per heavy atom. The average Bonchev–Trinajstić information content (AvgIpc) is 2.98. The Hall–Kier alpha value is -1.85. The van der Waals surface area contributed by atoms with Crippen LogP contribution in [0.5, 0.6) is 5.75 Å². The van der Waals surface area contributed by atoms with E-state index in [1.165, 1.54) is 12.1 Å². The van der Waals surface area contributed by atoms with Gasteiger partial charge in [0.15, 0.2) is 11.6 Å². The lowest BCUT2D eigenvalue weighted by Crippen LogP contribution is -2.33. The fourth-order valence-corrected chi connectivity index (χ4v) is 1.76. The molecule has 0 fully saturated rings. The number of hydrogen-bond acceptors (Lipinski definition) is 4. The lowest BCUT2D eigenvalue weighted by Gasteiger charge is -2.16. The van der Waals surface area contributed by atoms with Gasteiger partial charge in [-0.05, 0) is 31.2 Å². The number of furan rings is 1. The van der Waals surface area contributed by atoms with E-state index in [9.17, 15) is 9.50 Å². The fourth-order valence-electron chi connectivity index (χ4n) is 1.76. The third kappa shape index (κ3) is 4.08. The first-order valence-electron chi connectivity index (χ1n) is 6.49. The summed E-state index contributed by atoms with van der Waals surface area (Å²) in [6.07, 6.45) is 0.873. The van der Waals surface area contributed by atoms with E-state index in [2.05, 4.69) is 5.32 Å². The summed E-state index contributed by atoms with van der Waals surface area (Å²) in [5, 5.41) is 12.9. The van der Waals surface area contributed by atoms with E-state index in [0.29, 0.717) is 6.54 Å². The smallest absolute Gasteiger partial charge is 0.165 e. The summed E-state index contributed by atoms with van der Waals surface area (Å²) >= 11 is 0. The van der Waals surface area contributed by atoms with Gasteiger partial charge in [0, 0.05) is 6.54 Å². The minimum atomic E-state index is -0.730. The first-order valence-corrected chi connectivity index (χ1v) is 6.49. The van der Waals surface area contributed by atoms with E-state index in [4.69, 9.17) is 9.15 Å². The molecule has 1 aromatic carbocycles. The number of rotatable bonds is 7. The third-order valence-corrected chi connectivity index (χ3v) is 2.90. The van der Waals surface area contributed by atoms with Crippen molar-refractivity contribution < 1.29 is 18.7 Å². The van der Waals surface area contributed by atoms with Crippen molar-refractivity contribution in [2.24, 2.45) is 0 Å². The molecular formula is C15H18FNO3. The van der Waals surface area contributed by atoms with Gasteiger partial charge in [-0.15, -0.1) is 0 Å². The van der Waals surface area contributed by atoms with Crippen LogP contribution in [0.25, 0.3) is 0 Å². The van der Waals surface area contributed by atoms with Gasteiger partial charge in [-0.2, -0.15) is 0 Å². The van der Waals surface area contributed by atoms with Gasteiger partial charge in [-0.3, -0.25) is 0 Å². The molecule has 2 atom stereocenters. The van der Waals surface area contributed by atoms with Crippen molar-refractivity contribution in [1.29, 1.82) is 0 Å². The standard InChI is InChI=1S/C15H18FNO3/c1-11(14-7-4-8-19-14)17-9-12(18)10-20-15-6-3-2-5-13(15)16/h2-8,11-12,17-18H,9-10H2,1H3. The maximum Gasteiger partial charge on any atom is 0.165 e. The van der Waals surface area contributed by atoms with Crippen molar-refractivity contribution in [2.75, 3.05) is 13.2 Å². The topological polar surface area (TPSA) is 54.6 Å². The zero-order valence-electron chi connectivity index (χ0n) is 11.3. The van der Waals surface area contributed by atoms with Gasteiger partial charge in [0.05, 0.1) is 12.3 Å². The van der Waals surface area contributed by atoms with Crippen LogP contribution in [0.4, 0.5) is 4.39 Å². The Labute approximate surface area is 117 Å². The summed E-state index contributed by atoms with van der Waals surface area (Å²) in [4.78, 5) is 0. The van der Waals surface area contributed by atoms with Gasteiger partial charge in [0.25, 0.3) is 0 Å². The summed E-state index contributed by atoms with van der Waals surface area (Å²) in [5.74, 6) is 0.509. The number of hydrogen-bond donors (Lipinski definition) is 2. The van der Waals surface area contributed by atoms with E-state index in [1.807, 2.05) is 19.1 Å². The van der Waals surface area contributed by atoms with Crippen LogP contribution in [-0.2, 0) is 0 Å². The lowest BCUT2D eigenvalue weighted by molar-refractivity contribution is 0.101. The highest BCUT2D eigenvalue weighted by Crippen LogP contribution is 2.15. The molecule has 108 valence electrons. The first-order chi connectivity index (χ1) is 9.66. The van der Waals surface area contributed by atoms with Crippen LogP contribution in [0.3, 0.4) is 0 Å². The summed E-state index contributed by atoms with van der Waals surface area (Å²) in [5.41, 5.74) is 0. The molecule has 2 rings (SSSR count). The van der Waals surface area contributed by atoms with E-state index < -0.39 is 11.9 Å². The van der Waals surface area contributed by atoms with Crippen LogP contribution in [0, 0.1) is 5.82 Å². The van der Waals surface area contributed by atoms with E-state index in [1.54, 1.807) is 18.4 Å². The molecule has 0 bridgehead atoms. The van der Waals surface area contributed by atoms with Crippen molar-refractivity contribution in [3.63, 3.8) is 0 Å². The molecule has 0 aliphatic rings. The number of aliphatic hydroxyl groups is 1. The van der Waals surface area contributed by atoms with E-state index >= 15 is 0 Å². The number of benzene rings is 1. The fraction of sp³-hybridized carbons (Fsp3) is 0.333. The van der Waals surface area contributed by atoms with Crippen molar-refractivity contribution >= 4 is 0 Å². The summed E-state index contributed by atoms with van der Waals surface area (Å²) in [7, 11) is 0. The summed E-state index contributed by atoms with van der Waals surface area (Å²) < 4.78 is 23.8. The molecule has 0 amide bonds. The van der Waals surface area contributed by atoms with Gasteiger partial charge in [-0.1, -0.05) is 12.1 Å². The number of nitrogens with one attached hydrogen (secondary N) is 1. The van der Waals surface area contributed by atoms with Crippen LogP contribution < -0.4 is 10.1 Å². The van der Waals surface area contributed by atoms with Gasteiger partial charge in [0.2, 0.25) is 0 Å². The maximum absolute atomic E-state index is 13.3. The molecule has 4 nitrogen and oxygen atoms in total. The second-order valence-corrected chi connectivity index (χ2v) is 4.54. The molecule has 5 heteroatoms. The Morgan fingerprint density at radius 2 is 2.10 bits per heavy atom. The Kier molecular flexibility index (Phi) is 5.15. The van der Waals surface area contributed by atoms with Gasteiger partial charge in [-0.25, -0.2) is 4.39 Å². The van der Waals surface area contributed by atoms with Crippen LogP contribution in [0.15, 0.2) is 47.1 Å². The maximum atomic E-state index is 13.3. The Morgan fingerprint density at radius 3 is 2.80 bits per heavy atom. The molecule has 2 N–H and O–H groups in total. The predicted octanol–water partition coefficient (Wildman–Crippen LogP) is 2.51. The molecule has 2 unspecified atom stereocenters. The van der Waals surface area contributed by atoms with Crippen molar-refractivity contribution in [1.82, 2.24) is 5.32 Å². The van der Waals surface area contributed by atoms with Crippen LogP contribution >= 0.6 is 0 Å². The summed E-state index contributed by atoms with van der Waals surface area (Å²) in [6.45, 7) is 2.29. The van der Waals surface area contributed by atoms with Crippen LogP contribution in [0.2, 0.25) is 0 Å². The molecule has 0 aliphatic carbocycles. The third-order valence-electron chi connectivity index (χ3n) is 2.90. The van der Waals surface area contributed by atoms with Crippen molar-refractivity contribution in [3.05, 3.63) is 54.2 Å². The molecule has 20 heavy (non-hydrogen) atoms. The number of halogens is 1. The van der Waals surface area contributed by atoms with Crippen molar-refractivity contribution in [2.45, 2.75) is 19.1 Å². The van der Waals surface area contributed by atoms with Crippen LogP contribution in [-0.4, -0.2) is 24.4 Å². The number of para-hydroxylation sites is 1. The molecule has 0 aliphatic heterocycles. The highest BCUT2D eigenvalue weighted by Gasteiger charge is 2.12. The molecule has 1 aromatic heterocycles. The average molecular weight is 279 g/mol. The lowest BCUT2D eigenvalue weighted by atomic mass is 10.2. The molecule has 1 heterocycles. The number of ether oxygens (including phenoxy) is 1. The zero-order valence-corrected chi connectivity index (χ0v) is 11.3. The minimum Gasteiger partial charge on any atom is -0.488 e. The highest BCUT2D eigenvalue weighted by atomic mass is 19.1. The predicted molar refractivity (Wildman–Crippen MR) is 73.0 cm³/mol. The van der Waals surface area contributed by atoms with Crippen molar-refractivity contribution in [3.8, 4) is 5.75 Å². The Balaban J connectivity index is 1.73. The monoisotopic (exact) mass is 279 g/mol. The molecule has 0 saturated carbocycles. The van der Waals surface area contributed by atoms with Crippen LogP contribution in [0.1, 0.15) is 18.7 Å². The largest absolute Gasteiger partial charge is 0.488 e. The quantitative estimate of drug-likeness (QED) is 0.817. The normalized spacial score (nSPS) is 13.9. The molecular weight excluding hydrogens is 261 g/mol. The highest BCUT2D eigenvalue weighted by molar-refractivity contribution is 5.23. The zero-order chi connectivity index (χ0) is 14.4. The molecule has 0 saturated heterocycles. The van der Waals surface area contributed by atoms with Gasteiger partial charge >= 0.3 is 0 Å². The molecule has 2 aromatic rings. The molecule has 0 radical (unpaired) electrons. The Bertz CT molecular complexity index is 516. The second kappa shape index (κ2) is 7.07.